The second-order valence-corrected chi connectivity index (χ2v) is 6.04. The first-order valence-corrected chi connectivity index (χ1v) is 8.19. The Morgan fingerprint density at radius 2 is 1.88 bits per heavy atom. The number of fused-ring (bicyclic) bond motifs is 1. The number of rotatable bonds is 4. The van der Waals surface area contributed by atoms with Crippen molar-refractivity contribution in [3.8, 4) is 17.0 Å². The Balaban J connectivity index is 1.59. The number of hydrogen-bond acceptors (Lipinski definition) is 4. The average Bonchev–Trinajstić information content (AvgIpc) is 3.11. The van der Waals surface area contributed by atoms with Crippen LogP contribution in [0.15, 0.2) is 55.0 Å². The van der Waals surface area contributed by atoms with Crippen molar-refractivity contribution in [3.63, 3.8) is 0 Å². The number of nitrogens with zero attached hydrogens (tertiary/aromatic N) is 2. The zero-order valence-corrected chi connectivity index (χ0v) is 13.4. The number of anilines is 1. The number of hydrogen-bond donors (Lipinski definition) is 1. The second-order valence-electron chi connectivity index (χ2n) is 6.04. The van der Waals surface area contributed by atoms with Gasteiger partial charge in [0, 0.05) is 35.9 Å². The summed E-state index contributed by atoms with van der Waals surface area (Å²) >= 11 is 0. The van der Waals surface area contributed by atoms with Crippen LogP contribution in [0.4, 0.5) is 5.69 Å². The summed E-state index contributed by atoms with van der Waals surface area (Å²) in [4.78, 5) is 8.31. The average molecular weight is 317 g/mol. The van der Waals surface area contributed by atoms with Crippen LogP contribution in [0, 0.1) is 0 Å². The third-order valence-electron chi connectivity index (χ3n) is 4.51. The van der Waals surface area contributed by atoms with Gasteiger partial charge in [-0.15, -0.1) is 0 Å². The molecule has 0 saturated carbocycles. The van der Waals surface area contributed by atoms with Gasteiger partial charge in [0.15, 0.2) is 0 Å². The third-order valence-corrected chi connectivity index (χ3v) is 4.51. The van der Waals surface area contributed by atoms with Gasteiger partial charge < -0.3 is 10.5 Å². The third kappa shape index (κ3) is 2.83. The molecule has 0 aliphatic heterocycles. The molecule has 0 bridgehead atoms. The van der Waals surface area contributed by atoms with E-state index in [4.69, 9.17) is 10.5 Å². The molecule has 1 aromatic carbocycles. The highest BCUT2D eigenvalue weighted by Gasteiger charge is 2.17. The lowest BCUT2D eigenvalue weighted by atomic mass is 9.98. The van der Waals surface area contributed by atoms with Gasteiger partial charge in [-0.3, -0.25) is 4.98 Å². The van der Waals surface area contributed by atoms with E-state index in [1.54, 1.807) is 18.6 Å². The normalized spacial score (nSPS) is 12.8. The second kappa shape index (κ2) is 6.32. The molecule has 2 heterocycles. The van der Waals surface area contributed by atoms with E-state index in [0.717, 1.165) is 35.2 Å². The van der Waals surface area contributed by atoms with Crippen molar-refractivity contribution in [2.24, 2.45) is 0 Å². The lowest BCUT2D eigenvalue weighted by Gasteiger charge is -2.12. The van der Waals surface area contributed by atoms with Crippen molar-refractivity contribution in [1.82, 2.24) is 9.97 Å². The molecular weight excluding hydrogens is 298 g/mol. The zero-order valence-electron chi connectivity index (χ0n) is 13.4. The molecule has 120 valence electrons. The van der Waals surface area contributed by atoms with E-state index in [9.17, 15) is 0 Å². The minimum Gasteiger partial charge on any atom is -0.473 e. The summed E-state index contributed by atoms with van der Waals surface area (Å²) < 4.78 is 5.81. The van der Waals surface area contributed by atoms with E-state index < -0.39 is 0 Å². The summed E-state index contributed by atoms with van der Waals surface area (Å²) in [6, 6.07) is 12.1. The van der Waals surface area contributed by atoms with E-state index in [2.05, 4.69) is 22.1 Å². The van der Waals surface area contributed by atoms with Gasteiger partial charge in [0.05, 0.1) is 0 Å². The quantitative estimate of drug-likeness (QED) is 0.744. The standard InChI is InChI=1S/C20H19N3O/c21-20-17-3-1-2-15(17)4-5-18(20)16-8-11-23-19(12-16)24-13-14-6-9-22-10-7-14/h4-12H,1-3,13,21H2. The molecular formula is C20H19N3O. The van der Waals surface area contributed by atoms with Gasteiger partial charge in [0.1, 0.15) is 6.61 Å². The van der Waals surface area contributed by atoms with Gasteiger partial charge in [-0.2, -0.15) is 0 Å². The lowest BCUT2D eigenvalue weighted by Crippen LogP contribution is -1.99. The van der Waals surface area contributed by atoms with Gasteiger partial charge in [-0.25, -0.2) is 4.98 Å². The molecule has 0 atom stereocenters. The van der Waals surface area contributed by atoms with Crippen LogP contribution >= 0.6 is 0 Å². The van der Waals surface area contributed by atoms with E-state index >= 15 is 0 Å². The number of benzene rings is 1. The molecule has 0 radical (unpaired) electrons. The van der Waals surface area contributed by atoms with E-state index in [-0.39, 0.29) is 0 Å². The van der Waals surface area contributed by atoms with Gasteiger partial charge in [-0.05, 0) is 59.7 Å². The molecule has 24 heavy (non-hydrogen) atoms. The van der Waals surface area contributed by atoms with Crippen LogP contribution in [-0.2, 0) is 19.4 Å². The monoisotopic (exact) mass is 317 g/mol. The topological polar surface area (TPSA) is 61.0 Å². The van der Waals surface area contributed by atoms with Crippen LogP contribution in [0.3, 0.4) is 0 Å². The van der Waals surface area contributed by atoms with Gasteiger partial charge in [-0.1, -0.05) is 12.1 Å². The first-order valence-electron chi connectivity index (χ1n) is 8.19. The molecule has 0 unspecified atom stereocenters. The van der Waals surface area contributed by atoms with E-state index in [0.29, 0.717) is 12.5 Å². The lowest BCUT2D eigenvalue weighted by molar-refractivity contribution is 0.294. The van der Waals surface area contributed by atoms with E-state index in [1.807, 2.05) is 24.3 Å². The van der Waals surface area contributed by atoms with Crippen molar-refractivity contribution in [1.29, 1.82) is 0 Å². The molecule has 1 aliphatic rings. The Kier molecular flexibility index (Phi) is 3.87. The summed E-state index contributed by atoms with van der Waals surface area (Å²) in [5.41, 5.74) is 13.2. The molecule has 4 rings (SSSR count). The Morgan fingerprint density at radius 3 is 2.75 bits per heavy atom. The largest absolute Gasteiger partial charge is 0.473 e. The Bertz CT molecular complexity index is 862. The summed E-state index contributed by atoms with van der Waals surface area (Å²) in [5, 5.41) is 0. The van der Waals surface area contributed by atoms with Crippen molar-refractivity contribution in [2.75, 3.05) is 5.73 Å². The molecule has 0 saturated heterocycles. The van der Waals surface area contributed by atoms with Crippen molar-refractivity contribution >= 4 is 5.69 Å². The predicted octanol–water partition coefficient (Wildman–Crippen LogP) is 3.79. The van der Waals surface area contributed by atoms with Crippen LogP contribution in [0.5, 0.6) is 5.88 Å². The molecule has 4 heteroatoms. The molecule has 0 spiro atoms. The fourth-order valence-corrected chi connectivity index (χ4v) is 3.24. The van der Waals surface area contributed by atoms with Crippen molar-refractivity contribution in [2.45, 2.75) is 25.9 Å². The Labute approximate surface area is 141 Å². The Hall–Kier alpha value is -2.88. The molecule has 1 aliphatic carbocycles. The van der Waals surface area contributed by atoms with Gasteiger partial charge >= 0.3 is 0 Å². The number of ether oxygens (including phenoxy) is 1. The highest BCUT2D eigenvalue weighted by atomic mass is 16.5. The molecule has 0 amide bonds. The number of pyridine rings is 2. The van der Waals surface area contributed by atoms with Crippen LogP contribution in [-0.4, -0.2) is 9.97 Å². The van der Waals surface area contributed by atoms with Crippen LogP contribution in [0.1, 0.15) is 23.1 Å². The first-order chi connectivity index (χ1) is 11.8. The summed E-state index contributed by atoms with van der Waals surface area (Å²) in [6.45, 7) is 0.471. The number of nitrogens with two attached hydrogens (primary N) is 1. The van der Waals surface area contributed by atoms with Crippen LogP contribution in [0.25, 0.3) is 11.1 Å². The fourth-order valence-electron chi connectivity index (χ4n) is 3.24. The number of aromatic nitrogens is 2. The summed E-state index contributed by atoms with van der Waals surface area (Å²) in [6.07, 6.45) is 8.69. The molecule has 2 aromatic heterocycles. The minimum absolute atomic E-state index is 0.471. The highest BCUT2D eigenvalue weighted by Crippen LogP contribution is 2.35. The predicted molar refractivity (Wildman–Crippen MR) is 94.7 cm³/mol. The maximum atomic E-state index is 6.41. The SMILES string of the molecule is Nc1c(-c2ccnc(OCc3ccncc3)c2)ccc2c1CCC2. The minimum atomic E-state index is 0.471. The van der Waals surface area contributed by atoms with Crippen LogP contribution < -0.4 is 10.5 Å². The van der Waals surface area contributed by atoms with Gasteiger partial charge in [0.25, 0.3) is 0 Å². The summed E-state index contributed by atoms with van der Waals surface area (Å²) in [5.74, 6) is 0.601. The van der Waals surface area contributed by atoms with Crippen LogP contribution in [0.2, 0.25) is 0 Å². The van der Waals surface area contributed by atoms with Crippen molar-refractivity contribution in [3.05, 3.63) is 71.7 Å². The number of aryl methyl sites for hydroxylation is 1. The van der Waals surface area contributed by atoms with E-state index in [1.165, 1.54) is 17.5 Å². The highest BCUT2D eigenvalue weighted by molar-refractivity contribution is 5.80. The maximum absolute atomic E-state index is 6.41. The Morgan fingerprint density at radius 1 is 1.00 bits per heavy atom. The molecule has 0 fully saturated rings. The molecule has 3 aromatic rings. The smallest absolute Gasteiger partial charge is 0.214 e. The van der Waals surface area contributed by atoms with Crippen molar-refractivity contribution < 1.29 is 4.74 Å². The zero-order chi connectivity index (χ0) is 16.4. The molecule has 4 nitrogen and oxygen atoms in total. The number of nitrogen functional groups attached to an aromatic ring is 1. The molecule has 2 N–H and O–H groups in total. The van der Waals surface area contributed by atoms with Gasteiger partial charge in [0.2, 0.25) is 5.88 Å². The maximum Gasteiger partial charge on any atom is 0.214 e. The fraction of sp³-hybridized carbons (Fsp3) is 0.200. The summed E-state index contributed by atoms with van der Waals surface area (Å²) in [7, 11) is 0. The first kappa shape index (κ1) is 14.7.